The Bertz CT molecular complexity index is 787. The Morgan fingerprint density at radius 1 is 1.16 bits per heavy atom. The fourth-order valence-electron chi connectivity index (χ4n) is 2.00. The Labute approximate surface area is 117 Å². The van der Waals surface area contributed by atoms with Crippen molar-refractivity contribution in [2.75, 3.05) is 5.73 Å². The Hall–Kier alpha value is -2.01. The van der Waals surface area contributed by atoms with E-state index in [1.807, 2.05) is 24.3 Å². The molecule has 1 aromatic heterocycles. The minimum Gasteiger partial charge on any atom is -0.408 e. The molecule has 0 atom stereocenters. The normalized spacial score (nSPS) is 11.0. The van der Waals surface area contributed by atoms with E-state index in [4.69, 9.17) is 10.2 Å². The van der Waals surface area contributed by atoms with Gasteiger partial charge in [-0.25, -0.2) is 4.79 Å². The number of nitrogens with zero attached hydrogens (tertiary/aromatic N) is 1. The Kier molecular flexibility index (Phi) is 2.91. The van der Waals surface area contributed by atoms with Crippen LogP contribution in [0.1, 0.15) is 5.56 Å². The Morgan fingerprint density at radius 2 is 1.89 bits per heavy atom. The molecule has 0 unspecified atom stereocenters. The summed E-state index contributed by atoms with van der Waals surface area (Å²) in [5, 5.41) is 0. The number of anilines is 1. The molecule has 96 valence electrons. The first-order valence-electron chi connectivity index (χ1n) is 5.77. The van der Waals surface area contributed by atoms with E-state index < -0.39 is 0 Å². The summed E-state index contributed by atoms with van der Waals surface area (Å²) in [5.41, 5.74) is 8.65. The summed E-state index contributed by atoms with van der Waals surface area (Å²) in [5.74, 6) is -0.372. The van der Waals surface area contributed by atoms with Gasteiger partial charge in [0.1, 0.15) is 0 Å². The van der Waals surface area contributed by atoms with Gasteiger partial charge >= 0.3 is 5.76 Å². The highest BCUT2D eigenvalue weighted by Crippen LogP contribution is 2.18. The predicted molar refractivity (Wildman–Crippen MR) is 78.1 cm³/mol. The number of aromatic nitrogens is 1. The van der Waals surface area contributed by atoms with Crippen LogP contribution >= 0.6 is 15.9 Å². The van der Waals surface area contributed by atoms with Crippen molar-refractivity contribution in [1.82, 2.24) is 4.57 Å². The molecule has 0 amide bonds. The largest absolute Gasteiger partial charge is 0.420 e. The van der Waals surface area contributed by atoms with Gasteiger partial charge in [-0.2, -0.15) is 0 Å². The van der Waals surface area contributed by atoms with E-state index in [0.29, 0.717) is 23.3 Å². The van der Waals surface area contributed by atoms with E-state index in [9.17, 15) is 4.79 Å². The summed E-state index contributed by atoms with van der Waals surface area (Å²) in [6.45, 7) is 0.461. The highest BCUT2D eigenvalue weighted by molar-refractivity contribution is 9.10. The zero-order valence-electron chi connectivity index (χ0n) is 9.97. The standard InChI is InChI=1S/C14H11BrN2O2/c15-10-3-1-9(2-4-10)8-17-12-7-11(16)5-6-13(12)19-14(17)18/h1-7H,8,16H2. The van der Waals surface area contributed by atoms with Gasteiger partial charge in [0.05, 0.1) is 12.1 Å². The quantitative estimate of drug-likeness (QED) is 0.739. The van der Waals surface area contributed by atoms with Crippen LogP contribution in [0.25, 0.3) is 11.1 Å². The first-order valence-corrected chi connectivity index (χ1v) is 6.56. The lowest BCUT2D eigenvalue weighted by atomic mass is 10.2. The zero-order valence-corrected chi connectivity index (χ0v) is 11.6. The highest BCUT2D eigenvalue weighted by Gasteiger charge is 2.09. The molecule has 0 fully saturated rings. The summed E-state index contributed by atoms with van der Waals surface area (Å²) in [4.78, 5) is 11.9. The molecule has 0 aliphatic rings. The fourth-order valence-corrected chi connectivity index (χ4v) is 2.27. The number of nitrogen functional groups attached to an aromatic ring is 1. The number of rotatable bonds is 2. The number of hydrogen-bond donors (Lipinski definition) is 1. The molecule has 3 aromatic rings. The molecule has 2 aromatic carbocycles. The summed E-state index contributed by atoms with van der Waals surface area (Å²) >= 11 is 3.38. The smallest absolute Gasteiger partial charge is 0.408 e. The summed E-state index contributed by atoms with van der Waals surface area (Å²) in [6.07, 6.45) is 0. The lowest BCUT2D eigenvalue weighted by Crippen LogP contribution is -2.14. The van der Waals surface area contributed by atoms with E-state index in [1.165, 1.54) is 0 Å². The average molecular weight is 319 g/mol. The molecule has 5 heteroatoms. The number of nitrogens with two attached hydrogens (primary N) is 1. The first-order chi connectivity index (χ1) is 9.13. The molecule has 2 N–H and O–H groups in total. The molecule has 0 radical (unpaired) electrons. The van der Waals surface area contributed by atoms with E-state index in [0.717, 1.165) is 10.0 Å². The second kappa shape index (κ2) is 4.59. The Morgan fingerprint density at radius 3 is 2.63 bits per heavy atom. The Balaban J connectivity index is 2.09. The second-order valence-corrected chi connectivity index (χ2v) is 5.22. The lowest BCUT2D eigenvalue weighted by Gasteiger charge is -2.03. The third-order valence-corrected chi connectivity index (χ3v) is 3.47. The molecule has 0 saturated heterocycles. The topological polar surface area (TPSA) is 61.2 Å². The number of oxazole rings is 1. The third kappa shape index (κ3) is 2.29. The van der Waals surface area contributed by atoms with Crippen LogP contribution in [0, 0.1) is 0 Å². The molecule has 0 saturated carbocycles. The molecule has 0 aliphatic carbocycles. The first kappa shape index (κ1) is 12.0. The van der Waals surface area contributed by atoms with Crippen LogP contribution in [0.5, 0.6) is 0 Å². The van der Waals surface area contributed by atoms with Crippen LogP contribution in [-0.4, -0.2) is 4.57 Å². The van der Waals surface area contributed by atoms with Crippen molar-refractivity contribution in [3.05, 3.63) is 63.1 Å². The van der Waals surface area contributed by atoms with Gasteiger partial charge in [0.2, 0.25) is 0 Å². The molecule has 4 nitrogen and oxygen atoms in total. The molecule has 19 heavy (non-hydrogen) atoms. The number of fused-ring (bicyclic) bond motifs is 1. The molecule has 0 bridgehead atoms. The molecular formula is C14H11BrN2O2. The molecule has 0 spiro atoms. The zero-order chi connectivity index (χ0) is 13.4. The van der Waals surface area contributed by atoms with Gasteiger partial charge in [-0.3, -0.25) is 4.57 Å². The van der Waals surface area contributed by atoms with E-state index in [2.05, 4.69) is 15.9 Å². The molecule has 1 heterocycles. The van der Waals surface area contributed by atoms with Crippen molar-refractivity contribution in [3.63, 3.8) is 0 Å². The SMILES string of the molecule is Nc1ccc2oc(=O)n(Cc3ccc(Br)cc3)c2c1. The van der Waals surface area contributed by atoms with Crippen molar-refractivity contribution in [1.29, 1.82) is 0 Å². The molecule has 3 rings (SSSR count). The maximum Gasteiger partial charge on any atom is 0.420 e. The van der Waals surface area contributed by atoms with E-state index in [-0.39, 0.29) is 5.76 Å². The van der Waals surface area contributed by atoms with Crippen molar-refractivity contribution in [3.8, 4) is 0 Å². The van der Waals surface area contributed by atoms with Gasteiger partial charge in [-0.15, -0.1) is 0 Å². The van der Waals surface area contributed by atoms with Gasteiger partial charge in [0.25, 0.3) is 0 Å². The number of benzene rings is 2. The van der Waals surface area contributed by atoms with Gasteiger partial charge < -0.3 is 10.2 Å². The molecular weight excluding hydrogens is 308 g/mol. The van der Waals surface area contributed by atoms with Gasteiger partial charge in [-0.05, 0) is 35.9 Å². The van der Waals surface area contributed by atoms with Gasteiger partial charge in [-0.1, -0.05) is 28.1 Å². The number of hydrogen-bond acceptors (Lipinski definition) is 3. The predicted octanol–water partition coefficient (Wildman–Crippen LogP) is 2.99. The maximum absolute atomic E-state index is 11.9. The van der Waals surface area contributed by atoms with Crippen LogP contribution in [0.2, 0.25) is 0 Å². The molecule has 0 aliphatic heterocycles. The van der Waals surface area contributed by atoms with E-state index >= 15 is 0 Å². The fraction of sp³-hybridized carbons (Fsp3) is 0.0714. The highest BCUT2D eigenvalue weighted by atomic mass is 79.9. The second-order valence-electron chi connectivity index (χ2n) is 4.31. The average Bonchev–Trinajstić information content (AvgIpc) is 2.69. The van der Waals surface area contributed by atoms with Crippen LogP contribution in [0.4, 0.5) is 5.69 Å². The number of halogens is 1. The third-order valence-electron chi connectivity index (χ3n) is 2.95. The maximum atomic E-state index is 11.9. The van der Waals surface area contributed by atoms with Crippen LogP contribution in [0.3, 0.4) is 0 Å². The lowest BCUT2D eigenvalue weighted by molar-refractivity contribution is 0.517. The van der Waals surface area contributed by atoms with E-state index in [1.54, 1.807) is 22.8 Å². The minimum absolute atomic E-state index is 0.372. The van der Waals surface area contributed by atoms with Gasteiger partial charge in [0, 0.05) is 10.2 Å². The van der Waals surface area contributed by atoms with Crippen molar-refractivity contribution >= 4 is 32.7 Å². The van der Waals surface area contributed by atoms with Crippen molar-refractivity contribution in [2.45, 2.75) is 6.54 Å². The minimum atomic E-state index is -0.372. The monoisotopic (exact) mass is 318 g/mol. The summed E-state index contributed by atoms with van der Waals surface area (Å²) in [6, 6.07) is 13.0. The van der Waals surface area contributed by atoms with Crippen molar-refractivity contribution in [2.24, 2.45) is 0 Å². The van der Waals surface area contributed by atoms with Crippen LogP contribution in [-0.2, 0) is 6.54 Å². The summed E-state index contributed by atoms with van der Waals surface area (Å²) < 4.78 is 7.78. The van der Waals surface area contributed by atoms with Crippen LogP contribution < -0.4 is 11.5 Å². The van der Waals surface area contributed by atoms with Crippen LogP contribution in [0.15, 0.2) is 56.1 Å². The van der Waals surface area contributed by atoms with Crippen molar-refractivity contribution < 1.29 is 4.42 Å². The van der Waals surface area contributed by atoms with Gasteiger partial charge in [0.15, 0.2) is 5.58 Å². The summed E-state index contributed by atoms with van der Waals surface area (Å²) in [7, 11) is 0.